The van der Waals surface area contributed by atoms with Gasteiger partial charge in [0.1, 0.15) is 0 Å². The molecule has 0 amide bonds. The van der Waals surface area contributed by atoms with E-state index in [2.05, 4.69) is 15.0 Å². The van der Waals surface area contributed by atoms with E-state index in [9.17, 15) is 4.79 Å². The number of nitrogens with zero attached hydrogens (tertiary/aromatic N) is 2. The maximum absolute atomic E-state index is 10.9. The fourth-order valence-corrected chi connectivity index (χ4v) is 1.37. The monoisotopic (exact) mass is 201 g/mol. The average molecular weight is 201 g/mol. The zero-order valence-electron chi connectivity index (χ0n) is 8.61. The van der Waals surface area contributed by atoms with Crippen LogP contribution in [-0.4, -0.2) is 15.0 Å². The molecule has 0 bridgehead atoms. The highest BCUT2D eigenvalue weighted by Gasteiger charge is 2.04. The molecule has 0 spiro atoms. The van der Waals surface area contributed by atoms with Crippen molar-refractivity contribution in [3.63, 3.8) is 0 Å². The van der Waals surface area contributed by atoms with Gasteiger partial charge >= 0.3 is 0 Å². The first-order chi connectivity index (χ1) is 7.16. The van der Waals surface area contributed by atoms with Crippen molar-refractivity contribution in [2.75, 3.05) is 0 Å². The van der Waals surface area contributed by atoms with Crippen LogP contribution < -0.4 is 5.56 Å². The minimum Gasteiger partial charge on any atom is -0.328 e. The van der Waals surface area contributed by atoms with Crippen molar-refractivity contribution < 1.29 is 0 Å². The standard InChI is InChI=1S/C11H11N3O/c1-7-5-12-8(2)11(14-7)9-3-4-10(15)13-6-9/h3-6H,1-2H3,(H,13,15). The number of aromatic nitrogens is 3. The van der Waals surface area contributed by atoms with Crippen molar-refractivity contribution in [3.8, 4) is 11.3 Å². The van der Waals surface area contributed by atoms with Crippen LogP contribution in [0.3, 0.4) is 0 Å². The van der Waals surface area contributed by atoms with Crippen molar-refractivity contribution in [3.05, 3.63) is 46.3 Å². The van der Waals surface area contributed by atoms with Gasteiger partial charge in [0.25, 0.3) is 0 Å². The lowest BCUT2D eigenvalue weighted by Gasteiger charge is -2.04. The maximum Gasteiger partial charge on any atom is 0.247 e. The second kappa shape index (κ2) is 3.65. The fourth-order valence-electron chi connectivity index (χ4n) is 1.37. The van der Waals surface area contributed by atoms with Gasteiger partial charge in [0.05, 0.1) is 17.1 Å². The van der Waals surface area contributed by atoms with E-state index < -0.39 is 0 Å². The number of rotatable bonds is 1. The molecular formula is C11H11N3O. The van der Waals surface area contributed by atoms with Gasteiger partial charge in [-0.15, -0.1) is 0 Å². The van der Waals surface area contributed by atoms with Gasteiger partial charge in [-0.2, -0.15) is 0 Å². The predicted molar refractivity (Wildman–Crippen MR) is 57.6 cm³/mol. The van der Waals surface area contributed by atoms with Crippen LogP contribution in [0.4, 0.5) is 0 Å². The molecule has 2 aromatic rings. The van der Waals surface area contributed by atoms with Crippen LogP contribution in [0.25, 0.3) is 11.3 Å². The van der Waals surface area contributed by atoms with Crippen molar-refractivity contribution >= 4 is 0 Å². The average Bonchev–Trinajstić information content (AvgIpc) is 2.23. The molecule has 0 saturated heterocycles. The smallest absolute Gasteiger partial charge is 0.247 e. The molecule has 0 aliphatic heterocycles. The summed E-state index contributed by atoms with van der Waals surface area (Å²) in [6.45, 7) is 3.79. The van der Waals surface area contributed by atoms with E-state index >= 15 is 0 Å². The molecule has 76 valence electrons. The summed E-state index contributed by atoms with van der Waals surface area (Å²) in [5.41, 5.74) is 3.29. The van der Waals surface area contributed by atoms with E-state index in [1.807, 2.05) is 13.8 Å². The molecule has 0 saturated carbocycles. The summed E-state index contributed by atoms with van der Waals surface area (Å²) in [6.07, 6.45) is 3.38. The Balaban J connectivity index is 2.58. The molecule has 2 aromatic heterocycles. The number of H-pyrrole nitrogens is 1. The number of nitrogens with one attached hydrogen (secondary N) is 1. The Morgan fingerprint density at radius 1 is 1.27 bits per heavy atom. The number of hydrogen-bond donors (Lipinski definition) is 1. The Morgan fingerprint density at radius 3 is 2.73 bits per heavy atom. The van der Waals surface area contributed by atoms with Crippen LogP contribution in [0.2, 0.25) is 0 Å². The van der Waals surface area contributed by atoms with Crippen LogP contribution in [0.5, 0.6) is 0 Å². The van der Waals surface area contributed by atoms with E-state index in [4.69, 9.17) is 0 Å². The molecule has 0 unspecified atom stereocenters. The second-order valence-corrected chi connectivity index (χ2v) is 3.39. The molecule has 4 nitrogen and oxygen atoms in total. The molecule has 4 heteroatoms. The molecule has 0 aromatic carbocycles. The van der Waals surface area contributed by atoms with Crippen LogP contribution in [-0.2, 0) is 0 Å². The first kappa shape index (κ1) is 9.58. The molecule has 0 atom stereocenters. The summed E-state index contributed by atoms with van der Waals surface area (Å²) in [7, 11) is 0. The summed E-state index contributed by atoms with van der Waals surface area (Å²) in [5.74, 6) is 0. The summed E-state index contributed by atoms with van der Waals surface area (Å²) < 4.78 is 0. The zero-order valence-corrected chi connectivity index (χ0v) is 8.61. The quantitative estimate of drug-likeness (QED) is 0.759. The maximum atomic E-state index is 10.9. The molecule has 2 rings (SSSR count). The van der Waals surface area contributed by atoms with Crippen LogP contribution in [0.1, 0.15) is 11.4 Å². The molecular weight excluding hydrogens is 190 g/mol. The van der Waals surface area contributed by atoms with E-state index in [0.29, 0.717) is 0 Å². The lowest BCUT2D eigenvalue weighted by molar-refractivity contribution is 1.06. The Labute approximate surface area is 87.0 Å². The highest BCUT2D eigenvalue weighted by molar-refractivity contribution is 5.59. The SMILES string of the molecule is Cc1cnc(C)c(-c2ccc(=O)[nH]c2)n1. The van der Waals surface area contributed by atoms with Gasteiger partial charge in [-0.05, 0) is 19.9 Å². The first-order valence-corrected chi connectivity index (χ1v) is 4.66. The normalized spacial score (nSPS) is 10.3. The Bertz CT molecular complexity index is 525. The third-order valence-corrected chi connectivity index (χ3v) is 2.13. The lowest BCUT2D eigenvalue weighted by atomic mass is 10.1. The Kier molecular flexibility index (Phi) is 2.33. The summed E-state index contributed by atoms with van der Waals surface area (Å²) in [5, 5.41) is 0. The summed E-state index contributed by atoms with van der Waals surface area (Å²) >= 11 is 0. The van der Waals surface area contributed by atoms with Crippen LogP contribution in [0.15, 0.2) is 29.3 Å². The highest BCUT2D eigenvalue weighted by atomic mass is 16.1. The number of pyridine rings is 1. The number of aryl methyl sites for hydroxylation is 2. The second-order valence-electron chi connectivity index (χ2n) is 3.39. The molecule has 2 heterocycles. The third-order valence-electron chi connectivity index (χ3n) is 2.13. The molecule has 0 fully saturated rings. The van der Waals surface area contributed by atoms with Gasteiger partial charge in [0.2, 0.25) is 5.56 Å². The zero-order chi connectivity index (χ0) is 10.8. The molecule has 15 heavy (non-hydrogen) atoms. The lowest BCUT2D eigenvalue weighted by Crippen LogP contribution is -2.03. The van der Waals surface area contributed by atoms with E-state index in [-0.39, 0.29) is 5.56 Å². The van der Waals surface area contributed by atoms with Gasteiger partial charge in [-0.25, -0.2) is 4.98 Å². The predicted octanol–water partition coefficient (Wildman–Crippen LogP) is 1.45. The first-order valence-electron chi connectivity index (χ1n) is 4.66. The largest absolute Gasteiger partial charge is 0.328 e. The van der Waals surface area contributed by atoms with E-state index in [1.54, 1.807) is 18.5 Å². The van der Waals surface area contributed by atoms with Gasteiger partial charge in [0.15, 0.2) is 0 Å². The number of hydrogen-bond acceptors (Lipinski definition) is 3. The Morgan fingerprint density at radius 2 is 2.07 bits per heavy atom. The molecule has 0 aliphatic rings. The van der Waals surface area contributed by atoms with Crippen molar-refractivity contribution in [2.24, 2.45) is 0 Å². The van der Waals surface area contributed by atoms with Crippen molar-refractivity contribution in [2.45, 2.75) is 13.8 Å². The number of aromatic amines is 1. The summed E-state index contributed by atoms with van der Waals surface area (Å²) in [4.78, 5) is 22.1. The van der Waals surface area contributed by atoms with Crippen molar-refractivity contribution in [1.82, 2.24) is 15.0 Å². The third kappa shape index (κ3) is 1.93. The molecule has 1 N–H and O–H groups in total. The van der Waals surface area contributed by atoms with Gasteiger partial charge in [-0.3, -0.25) is 9.78 Å². The van der Waals surface area contributed by atoms with Crippen molar-refractivity contribution in [1.29, 1.82) is 0 Å². The van der Waals surface area contributed by atoms with Crippen LogP contribution >= 0.6 is 0 Å². The van der Waals surface area contributed by atoms with Gasteiger partial charge in [0, 0.05) is 24.0 Å². The minimum atomic E-state index is -0.114. The molecule has 0 radical (unpaired) electrons. The van der Waals surface area contributed by atoms with E-state index in [0.717, 1.165) is 22.6 Å². The van der Waals surface area contributed by atoms with Gasteiger partial charge < -0.3 is 4.98 Å². The summed E-state index contributed by atoms with van der Waals surface area (Å²) in [6, 6.07) is 3.23. The highest BCUT2D eigenvalue weighted by Crippen LogP contribution is 2.17. The van der Waals surface area contributed by atoms with Gasteiger partial charge in [-0.1, -0.05) is 0 Å². The fraction of sp³-hybridized carbons (Fsp3) is 0.182. The molecule has 0 aliphatic carbocycles. The topological polar surface area (TPSA) is 58.6 Å². The minimum absolute atomic E-state index is 0.114. The Hall–Kier alpha value is -1.97. The van der Waals surface area contributed by atoms with E-state index in [1.165, 1.54) is 6.07 Å². The van der Waals surface area contributed by atoms with Crippen LogP contribution in [0, 0.1) is 13.8 Å².